The highest BCUT2D eigenvalue weighted by molar-refractivity contribution is 5.99. The van der Waals surface area contributed by atoms with Crippen molar-refractivity contribution in [3.8, 4) is 5.75 Å². The van der Waals surface area contributed by atoms with E-state index in [-0.39, 0.29) is 12.5 Å². The van der Waals surface area contributed by atoms with Gasteiger partial charge in [0.25, 0.3) is 5.91 Å². The Balaban J connectivity index is 1.82. The molecule has 4 nitrogen and oxygen atoms in total. The van der Waals surface area contributed by atoms with Crippen LogP contribution in [-0.4, -0.2) is 18.2 Å². The molecule has 0 atom stereocenters. The molecule has 0 aromatic heterocycles. The summed E-state index contributed by atoms with van der Waals surface area (Å²) in [6.07, 6.45) is 0.980. The van der Waals surface area contributed by atoms with Crippen molar-refractivity contribution in [1.82, 2.24) is 5.43 Å². The number of rotatable bonds is 6. The minimum atomic E-state index is -0.283. The molecule has 0 aliphatic carbocycles. The monoisotopic (exact) mass is 296 g/mol. The molecule has 0 radical (unpaired) electrons. The van der Waals surface area contributed by atoms with Crippen LogP contribution >= 0.6 is 0 Å². The van der Waals surface area contributed by atoms with Gasteiger partial charge in [-0.1, -0.05) is 49.4 Å². The number of benzene rings is 2. The molecular weight excluding hydrogens is 276 g/mol. The SMILES string of the molecule is CCc1ccc(OCC(=O)N/N=C(\C)c2ccccc2)cc1. The summed E-state index contributed by atoms with van der Waals surface area (Å²) in [5, 5.41) is 4.07. The molecule has 0 spiro atoms. The van der Waals surface area contributed by atoms with Gasteiger partial charge in [0, 0.05) is 0 Å². The Morgan fingerprint density at radius 3 is 2.41 bits per heavy atom. The second-order valence-electron chi connectivity index (χ2n) is 4.88. The highest BCUT2D eigenvalue weighted by atomic mass is 16.5. The molecule has 0 unspecified atom stereocenters. The smallest absolute Gasteiger partial charge is 0.277 e. The van der Waals surface area contributed by atoms with Crippen LogP contribution in [0.15, 0.2) is 59.7 Å². The third-order valence-corrected chi connectivity index (χ3v) is 3.24. The van der Waals surface area contributed by atoms with Gasteiger partial charge in [-0.25, -0.2) is 5.43 Å². The molecule has 2 aromatic carbocycles. The van der Waals surface area contributed by atoms with Crippen molar-refractivity contribution >= 4 is 11.6 Å². The standard InChI is InChI=1S/C18H20N2O2/c1-3-15-9-11-17(12-10-15)22-13-18(21)20-19-14(2)16-7-5-4-6-8-16/h4-12H,3,13H2,1-2H3,(H,20,21)/b19-14+. The predicted molar refractivity (Wildman–Crippen MR) is 88.1 cm³/mol. The zero-order valence-corrected chi connectivity index (χ0v) is 12.9. The van der Waals surface area contributed by atoms with Crippen LogP contribution in [0.4, 0.5) is 0 Å². The first kappa shape index (κ1) is 15.8. The number of nitrogens with one attached hydrogen (secondary N) is 1. The van der Waals surface area contributed by atoms with Crippen LogP contribution in [0.1, 0.15) is 25.0 Å². The number of hydrogen-bond acceptors (Lipinski definition) is 3. The van der Waals surface area contributed by atoms with Gasteiger partial charge in [-0.2, -0.15) is 5.10 Å². The molecule has 0 fully saturated rings. The molecule has 0 saturated heterocycles. The first-order chi connectivity index (χ1) is 10.7. The van der Waals surface area contributed by atoms with Crippen molar-refractivity contribution in [2.45, 2.75) is 20.3 Å². The molecule has 0 aliphatic heterocycles. The molecule has 2 aromatic rings. The summed E-state index contributed by atoms with van der Waals surface area (Å²) in [7, 11) is 0. The fraction of sp³-hybridized carbons (Fsp3) is 0.222. The highest BCUT2D eigenvalue weighted by Crippen LogP contribution is 2.12. The summed E-state index contributed by atoms with van der Waals surface area (Å²) >= 11 is 0. The van der Waals surface area contributed by atoms with Gasteiger partial charge in [0.15, 0.2) is 6.61 Å². The fourth-order valence-electron chi connectivity index (χ4n) is 1.89. The molecule has 0 heterocycles. The average Bonchev–Trinajstić information content (AvgIpc) is 2.59. The average molecular weight is 296 g/mol. The van der Waals surface area contributed by atoms with E-state index in [1.807, 2.05) is 61.5 Å². The molecule has 0 aliphatic rings. The summed E-state index contributed by atoms with van der Waals surface area (Å²) in [4.78, 5) is 11.7. The maximum atomic E-state index is 11.7. The Bertz CT molecular complexity index is 634. The van der Waals surface area contributed by atoms with Crippen molar-refractivity contribution in [2.24, 2.45) is 5.10 Å². The van der Waals surface area contributed by atoms with Crippen molar-refractivity contribution in [1.29, 1.82) is 0 Å². The number of hydrogen-bond donors (Lipinski definition) is 1. The van der Waals surface area contributed by atoms with Crippen LogP contribution in [0.5, 0.6) is 5.75 Å². The zero-order valence-electron chi connectivity index (χ0n) is 12.9. The Kier molecular flexibility index (Phi) is 5.72. The van der Waals surface area contributed by atoms with Gasteiger partial charge in [-0.3, -0.25) is 4.79 Å². The van der Waals surface area contributed by atoms with Crippen LogP contribution in [0, 0.1) is 0 Å². The van der Waals surface area contributed by atoms with Gasteiger partial charge in [0.1, 0.15) is 5.75 Å². The van der Waals surface area contributed by atoms with Gasteiger partial charge in [0.05, 0.1) is 5.71 Å². The lowest BCUT2D eigenvalue weighted by molar-refractivity contribution is -0.123. The van der Waals surface area contributed by atoms with Crippen LogP contribution in [0.3, 0.4) is 0 Å². The number of hydrazone groups is 1. The number of aryl methyl sites for hydroxylation is 1. The Morgan fingerprint density at radius 2 is 1.77 bits per heavy atom. The number of carbonyl (C=O) groups is 1. The van der Waals surface area contributed by atoms with Crippen LogP contribution in [-0.2, 0) is 11.2 Å². The van der Waals surface area contributed by atoms with Crippen LogP contribution < -0.4 is 10.2 Å². The molecule has 114 valence electrons. The minimum absolute atomic E-state index is 0.0585. The van der Waals surface area contributed by atoms with Crippen molar-refractivity contribution in [2.75, 3.05) is 6.61 Å². The number of carbonyl (C=O) groups excluding carboxylic acids is 1. The fourth-order valence-corrected chi connectivity index (χ4v) is 1.89. The van der Waals surface area contributed by atoms with E-state index in [2.05, 4.69) is 17.5 Å². The number of ether oxygens (including phenoxy) is 1. The molecule has 1 N–H and O–H groups in total. The normalized spacial score (nSPS) is 11.1. The van der Waals surface area contributed by atoms with E-state index in [0.717, 1.165) is 17.7 Å². The Hall–Kier alpha value is -2.62. The van der Waals surface area contributed by atoms with E-state index < -0.39 is 0 Å². The Labute approximate surface area is 130 Å². The number of nitrogens with zero attached hydrogens (tertiary/aromatic N) is 1. The topological polar surface area (TPSA) is 50.7 Å². The van der Waals surface area contributed by atoms with E-state index in [4.69, 9.17) is 4.74 Å². The van der Waals surface area contributed by atoms with Crippen molar-refractivity contribution < 1.29 is 9.53 Å². The van der Waals surface area contributed by atoms with E-state index in [9.17, 15) is 4.79 Å². The molecular formula is C18H20N2O2. The first-order valence-electron chi connectivity index (χ1n) is 7.29. The van der Waals surface area contributed by atoms with Gasteiger partial charge in [-0.15, -0.1) is 0 Å². The lowest BCUT2D eigenvalue weighted by Gasteiger charge is -2.06. The lowest BCUT2D eigenvalue weighted by Crippen LogP contribution is -2.25. The first-order valence-corrected chi connectivity index (χ1v) is 7.29. The van der Waals surface area contributed by atoms with E-state index in [1.165, 1.54) is 5.56 Å². The number of amides is 1. The van der Waals surface area contributed by atoms with E-state index >= 15 is 0 Å². The summed E-state index contributed by atoms with van der Waals surface area (Å²) in [6, 6.07) is 17.4. The molecule has 22 heavy (non-hydrogen) atoms. The largest absolute Gasteiger partial charge is 0.484 e. The third-order valence-electron chi connectivity index (χ3n) is 3.24. The quantitative estimate of drug-likeness (QED) is 0.657. The second kappa shape index (κ2) is 7.98. The zero-order chi connectivity index (χ0) is 15.8. The predicted octanol–water partition coefficient (Wildman–Crippen LogP) is 3.17. The molecule has 2 rings (SSSR count). The molecule has 4 heteroatoms. The van der Waals surface area contributed by atoms with Gasteiger partial charge >= 0.3 is 0 Å². The maximum Gasteiger partial charge on any atom is 0.277 e. The minimum Gasteiger partial charge on any atom is -0.484 e. The molecule has 1 amide bonds. The maximum absolute atomic E-state index is 11.7. The summed E-state index contributed by atoms with van der Waals surface area (Å²) in [5.41, 5.74) is 5.46. The van der Waals surface area contributed by atoms with Crippen molar-refractivity contribution in [3.05, 3.63) is 65.7 Å². The van der Waals surface area contributed by atoms with E-state index in [1.54, 1.807) is 0 Å². The van der Waals surface area contributed by atoms with E-state index in [0.29, 0.717) is 5.75 Å². The highest BCUT2D eigenvalue weighted by Gasteiger charge is 2.03. The summed E-state index contributed by atoms with van der Waals surface area (Å²) in [6.45, 7) is 3.88. The van der Waals surface area contributed by atoms with Gasteiger partial charge < -0.3 is 4.74 Å². The summed E-state index contributed by atoms with van der Waals surface area (Å²) in [5.74, 6) is 0.394. The molecule has 0 saturated carbocycles. The second-order valence-corrected chi connectivity index (χ2v) is 4.88. The van der Waals surface area contributed by atoms with Gasteiger partial charge in [0.2, 0.25) is 0 Å². The van der Waals surface area contributed by atoms with Crippen LogP contribution in [0.25, 0.3) is 0 Å². The van der Waals surface area contributed by atoms with Crippen molar-refractivity contribution in [3.63, 3.8) is 0 Å². The Morgan fingerprint density at radius 1 is 1.09 bits per heavy atom. The van der Waals surface area contributed by atoms with Gasteiger partial charge in [-0.05, 0) is 36.6 Å². The molecule has 0 bridgehead atoms. The summed E-state index contributed by atoms with van der Waals surface area (Å²) < 4.78 is 5.42. The lowest BCUT2D eigenvalue weighted by atomic mass is 10.1. The van der Waals surface area contributed by atoms with Crippen LogP contribution in [0.2, 0.25) is 0 Å². The third kappa shape index (κ3) is 4.74.